The highest BCUT2D eigenvalue weighted by atomic mass is 32.1. The van der Waals surface area contributed by atoms with Crippen molar-refractivity contribution in [3.8, 4) is 0 Å². The Balaban J connectivity index is 1.61. The molecule has 0 unspecified atom stereocenters. The quantitative estimate of drug-likeness (QED) is 0.653. The summed E-state index contributed by atoms with van der Waals surface area (Å²) in [5.41, 5.74) is -0.797. The number of ether oxygens (including phenoxy) is 1. The van der Waals surface area contributed by atoms with Gasteiger partial charge in [-0.2, -0.15) is 13.2 Å². The summed E-state index contributed by atoms with van der Waals surface area (Å²) in [4.78, 5) is 31.8. The number of hydrogen-bond donors (Lipinski definition) is 1. The second kappa shape index (κ2) is 8.96. The average molecular weight is 489 g/mol. The van der Waals surface area contributed by atoms with Crippen LogP contribution in [0.15, 0.2) is 11.4 Å². The first-order chi connectivity index (χ1) is 15.5. The van der Waals surface area contributed by atoms with Crippen LogP contribution in [0.5, 0.6) is 0 Å². The maximum atomic E-state index is 14.8. The van der Waals surface area contributed by atoms with E-state index in [2.05, 4.69) is 10.3 Å². The van der Waals surface area contributed by atoms with Gasteiger partial charge in [-0.25, -0.2) is 14.2 Å². The van der Waals surface area contributed by atoms with E-state index in [4.69, 9.17) is 4.74 Å². The number of alkyl halides is 4. The largest absolute Gasteiger partial charge is 0.443 e. The number of halogens is 4. The summed E-state index contributed by atoms with van der Waals surface area (Å²) in [6.45, 7) is 4.46. The van der Waals surface area contributed by atoms with Gasteiger partial charge in [0.1, 0.15) is 11.9 Å². The van der Waals surface area contributed by atoms with Gasteiger partial charge < -0.3 is 19.9 Å². The van der Waals surface area contributed by atoms with Crippen LogP contribution in [-0.4, -0.2) is 66.4 Å². The first-order valence-electron chi connectivity index (χ1n) is 10.7. The van der Waals surface area contributed by atoms with Crippen LogP contribution in [0.25, 0.3) is 10.2 Å². The molecule has 2 saturated heterocycles. The number of carbonyl (C=O) groups excluding carboxylic acids is 2. The molecule has 2 fully saturated rings. The molecule has 0 radical (unpaired) electrons. The van der Waals surface area contributed by atoms with Crippen molar-refractivity contribution in [3.05, 3.63) is 22.6 Å². The zero-order valence-corrected chi connectivity index (χ0v) is 18.9. The second-order valence-corrected chi connectivity index (χ2v) is 9.37. The topological polar surface area (TPSA) is 74.8 Å². The van der Waals surface area contributed by atoms with Crippen LogP contribution in [0.3, 0.4) is 0 Å². The van der Waals surface area contributed by atoms with Crippen molar-refractivity contribution in [2.45, 2.75) is 51.2 Å². The van der Waals surface area contributed by atoms with Crippen LogP contribution in [0.2, 0.25) is 0 Å². The third-order valence-electron chi connectivity index (χ3n) is 5.66. The number of pyridine rings is 1. The molecule has 0 aliphatic carbocycles. The van der Waals surface area contributed by atoms with Crippen LogP contribution in [0, 0.1) is 0 Å². The molecule has 12 heteroatoms. The lowest BCUT2D eigenvalue weighted by Crippen LogP contribution is -2.48. The molecule has 2 aliphatic heterocycles. The predicted molar refractivity (Wildman–Crippen MR) is 115 cm³/mol. The Morgan fingerprint density at radius 1 is 1.27 bits per heavy atom. The van der Waals surface area contributed by atoms with E-state index >= 15 is 0 Å². The molecule has 4 heterocycles. The lowest BCUT2D eigenvalue weighted by atomic mass is 10.1. The Morgan fingerprint density at radius 3 is 2.58 bits per heavy atom. The number of fused-ring (bicyclic) bond motifs is 1. The normalized spacial score (nSPS) is 21.3. The van der Waals surface area contributed by atoms with Crippen LogP contribution in [0.4, 0.5) is 28.2 Å². The van der Waals surface area contributed by atoms with Crippen LogP contribution >= 0.6 is 11.3 Å². The summed E-state index contributed by atoms with van der Waals surface area (Å²) in [7, 11) is 0. The van der Waals surface area contributed by atoms with Gasteiger partial charge in [0, 0.05) is 37.5 Å². The van der Waals surface area contributed by atoms with E-state index in [0.717, 1.165) is 23.8 Å². The average Bonchev–Trinajstić information content (AvgIpc) is 3.10. The summed E-state index contributed by atoms with van der Waals surface area (Å²) >= 11 is 0.829. The van der Waals surface area contributed by atoms with Crippen molar-refractivity contribution in [3.63, 3.8) is 0 Å². The van der Waals surface area contributed by atoms with Gasteiger partial charge in [-0.05, 0) is 26.3 Å². The zero-order chi connectivity index (χ0) is 23.9. The summed E-state index contributed by atoms with van der Waals surface area (Å²) in [5, 5.41) is 3.92. The number of aromatic nitrogens is 1. The maximum Gasteiger partial charge on any atom is 0.417 e. The fourth-order valence-corrected chi connectivity index (χ4v) is 4.86. The minimum atomic E-state index is -4.66. The van der Waals surface area contributed by atoms with Gasteiger partial charge in [0.15, 0.2) is 6.17 Å². The molecule has 4 rings (SSSR count). The van der Waals surface area contributed by atoms with Crippen molar-refractivity contribution in [1.82, 2.24) is 15.2 Å². The number of amides is 2. The van der Waals surface area contributed by atoms with Gasteiger partial charge >= 0.3 is 12.3 Å². The highest BCUT2D eigenvalue weighted by Crippen LogP contribution is 2.41. The number of thiophene rings is 1. The maximum absolute atomic E-state index is 14.8. The van der Waals surface area contributed by atoms with E-state index in [-0.39, 0.29) is 53.1 Å². The molecule has 2 atom stereocenters. The molecule has 1 N–H and O–H groups in total. The SMILES string of the molecule is CC(C)NC(=O)O[C@H]1CCN(c2cc(C(F)(F)F)c3scc(C(=O)N4CCC4)c3n2)C[C@@H]1F. The Kier molecular flexibility index (Phi) is 6.39. The highest BCUT2D eigenvalue weighted by Gasteiger charge is 2.38. The Morgan fingerprint density at radius 2 is 2.00 bits per heavy atom. The third kappa shape index (κ3) is 4.85. The van der Waals surface area contributed by atoms with Crippen molar-refractivity contribution in [2.75, 3.05) is 31.1 Å². The van der Waals surface area contributed by atoms with Crippen molar-refractivity contribution in [1.29, 1.82) is 0 Å². The monoisotopic (exact) mass is 488 g/mol. The summed E-state index contributed by atoms with van der Waals surface area (Å²) < 4.78 is 61.3. The molecule has 33 heavy (non-hydrogen) atoms. The Hall–Kier alpha value is -2.63. The fourth-order valence-electron chi connectivity index (χ4n) is 3.84. The Labute approximate surface area is 191 Å². The fraction of sp³-hybridized carbons (Fsp3) is 0.571. The van der Waals surface area contributed by atoms with E-state index in [1.165, 1.54) is 10.3 Å². The van der Waals surface area contributed by atoms with E-state index in [1.54, 1.807) is 18.7 Å². The lowest BCUT2D eigenvalue weighted by Gasteiger charge is -2.35. The van der Waals surface area contributed by atoms with E-state index < -0.39 is 30.1 Å². The second-order valence-electron chi connectivity index (χ2n) is 8.49. The van der Waals surface area contributed by atoms with Gasteiger partial charge in [0.2, 0.25) is 0 Å². The smallest absolute Gasteiger partial charge is 0.417 e. The number of carbonyl (C=O) groups is 2. The summed E-state index contributed by atoms with van der Waals surface area (Å²) in [6, 6.07) is 0.724. The van der Waals surface area contributed by atoms with Gasteiger partial charge in [-0.1, -0.05) is 0 Å². The van der Waals surface area contributed by atoms with Crippen LogP contribution in [-0.2, 0) is 10.9 Å². The number of alkyl carbamates (subject to hydrolysis) is 1. The number of likely N-dealkylation sites (tertiary alicyclic amines) is 1. The number of nitrogens with one attached hydrogen (secondary N) is 1. The van der Waals surface area contributed by atoms with Gasteiger partial charge in [-0.3, -0.25) is 4.79 Å². The predicted octanol–water partition coefficient (Wildman–Crippen LogP) is 4.21. The van der Waals surface area contributed by atoms with Gasteiger partial charge in [0.05, 0.1) is 27.9 Å². The lowest BCUT2D eigenvalue weighted by molar-refractivity contribution is -0.136. The minimum absolute atomic E-state index is 0.0215. The molecule has 2 aromatic rings. The molecular formula is C21H24F4N4O3S. The molecule has 2 amide bonds. The van der Waals surface area contributed by atoms with Crippen LogP contribution in [0.1, 0.15) is 42.6 Å². The first-order valence-corrected chi connectivity index (χ1v) is 11.6. The molecule has 0 saturated carbocycles. The molecule has 0 spiro atoms. The van der Waals surface area contributed by atoms with E-state index in [9.17, 15) is 27.2 Å². The molecular weight excluding hydrogens is 464 g/mol. The minimum Gasteiger partial charge on any atom is -0.443 e. The molecule has 0 aromatic carbocycles. The number of rotatable bonds is 4. The standard InChI is InChI=1S/C21H24F4N4O3S/c1-11(2)26-20(31)32-15-4-7-29(9-14(15)22)16-8-13(21(23,24)25)18-17(27-16)12(10-33-18)19(30)28-5-3-6-28/h8,10-11,14-15H,3-7,9H2,1-2H3,(H,26,31)/t14-,15-/m0/s1. The highest BCUT2D eigenvalue weighted by molar-refractivity contribution is 7.17. The number of nitrogens with zero attached hydrogens (tertiary/aromatic N) is 3. The molecule has 2 aromatic heterocycles. The van der Waals surface area contributed by atoms with Crippen molar-refractivity contribution in [2.24, 2.45) is 0 Å². The number of piperidine rings is 1. The molecule has 180 valence electrons. The number of anilines is 1. The van der Waals surface area contributed by atoms with E-state index in [0.29, 0.717) is 13.1 Å². The summed E-state index contributed by atoms with van der Waals surface area (Å²) in [5.74, 6) is -0.407. The van der Waals surface area contributed by atoms with Gasteiger partial charge in [0.25, 0.3) is 5.91 Å². The van der Waals surface area contributed by atoms with Crippen molar-refractivity contribution < 1.29 is 31.9 Å². The first kappa shape index (κ1) is 23.5. The molecule has 7 nitrogen and oxygen atoms in total. The van der Waals surface area contributed by atoms with Crippen LogP contribution < -0.4 is 10.2 Å². The van der Waals surface area contributed by atoms with E-state index in [1.807, 2.05) is 0 Å². The molecule has 0 bridgehead atoms. The summed E-state index contributed by atoms with van der Waals surface area (Å²) in [6.07, 6.45) is -7.06. The Bertz CT molecular complexity index is 1050. The van der Waals surface area contributed by atoms with Crippen molar-refractivity contribution >= 4 is 39.4 Å². The molecule has 2 aliphatic rings. The third-order valence-corrected chi connectivity index (χ3v) is 6.66. The zero-order valence-electron chi connectivity index (χ0n) is 18.1. The number of hydrogen-bond acceptors (Lipinski definition) is 6. The van der Waals surface area contributed by atoms with Gasteiger partial charge in [-0.15, -0.1) is 11.3 Å².